The molecule has 2 N–H and O–H groups in total. The molecule has 0 radical (unpaired) electrons. The largest absolute Gasteiger partial charge is 0.358 e. The summed E-state index contributed by atoms with van der Waals surface area (Å²) < 4.78 is 36.2. The van der Waals surface area contributed by atoms with Crippen LogP contribution < -0.4 is 5.32 Å². The molecule has 2 heterocycles. The number of hydrogen-bond acceptors (Lipinski definition) is 3. The monoisotopic (exact) mass is 338 g/mol. The second kappa shape index (κ2) is 5.96. The smallest absolute Gasteiger partial charge is 0.224 e. The number of carbonyl (C=O) groups is 1. The first kappa shape index (κ1) is 16.0. The molecule has 1 fully saturated rings. The first-order chi connectivity index (χ1) is 10.8. The summed E-state index contributed by atoms with van der Waals surface area (Å²) in [6.07, 6.45) is 0.745. The number of amides is 1. The third-order valence-corrected chi connectivity index (χ3v) is 6.17. The molecule has 0 bridgehead atoms. The zero-order chi connectivity index (χ0) is 16.6. The van der Waals surface area contributed by atoms with Crippen LogP contribution in [0.15, 0.2) is 18.2 Å². The summed E-state index contributed by atoms with van der Waals surface area (Å²) in [5.74, 6) is -0.179. The van der Waals surface area contributed by atoms with E-state index in [9.17, 15) is 17.6 Å². The lowest BCUT2D eigenvalue weighted by Crippen LogP contribution is -2.31. The SMILES string of the molecule is Cc1[nH]c2ccc(F)cc2c1CC(=O)NC[C@H]1CCS(=O)(=O)C1. The number of nitrogens with one attached hydrogen (secondary N) is 2. The van der Waals surface area contributed by atoms with Crippen LogP contribution in [0.4, 0.5) is 4.39 Å². The minimum absolute atomic E-state index is 0.00883. The van der Waals surface area contributed by atoms with Gasteiger partial charge in [-0.15, -0.1) is 0 Å². The number of rotatable bonds is 4. The third kappa shape index (κ3) is 3.55. The molecule has 0 spiro atoms. The van der Waals surface area contributed by atoms with Crippen LogP contribution in [-0.2, 0) is 21.1 Å². The van der Waals surface area contributed by atoms with E-state index in [4.69, 9.17) is 0 Å². The molecule has 0 unspecified atom stereocenters. The van der Waals surface area contributed by atoms with E-state index in [1.807, 2.05) is 6.92 Å². The molecule has 7 heteroatoms. The topological polar surface area (TPSA) is 79.0 Å². The van der Waals surface area contributed by atoms with Gasteiger partial charge in [0.1, 0.15) is 5.82 Å². The second-order valence-electron chi connectivity index (χ2n) is 6.17. The number of aryl methyl sites for hydroxylation is 1. The summed E-state index contributed by atoms with van der Waals surface area (Å²) in [7, 11) is -2.93. The highest BCUT2D eigenvalue weighted by molar-refractivity contribution is 7.91. The Morgan fingerprint density at radius 1 is 1.43 bits per heavy atom. The maximum atomic E-state index is 13.4. The molecule has 1 aromatic carbocycles. The summed E-state index contributed by atoms with van der Waals surface area (Å²) >= 11 is 0. The number of aromatic amines is 1. The highest BCUT2D eigenvalue weighted by Gasteiger charge is 2.28. The first-order valence-electron chi connectivity index (χ1n) is 7.58. The van der Waals surface area contributed by atoms with Gasteiger partial charge < -0.3 is 10.3 Å². The minimum Gasteiger partial charge on any atom is -0.358 e. The summed E-state index contributed by atoms with van der Waals surface area (Å²) in [4.78, 5) is 15.3. The van der Waals surface area contributed by atoms with Crippen molar-refractivity contribution in [2.75, 3.05) is 18.1 Å². The van der Waals surface area contributed by atoms with Crippen molar-refractivity contribution in [3.63, 3.8) is 0 Å². The van der Waals surface area contributed by atoms with E-state index in [-0.39, 0.29) is 35.6 Å². The zero-order valence-corrected chi connectivity index (χ0v) is 13.7. The molecule has 5 nitrogen and oxygen atoms in total. The van der Waals surface area contributed by atoms with Crippen molar-refractivity contribution >= 4 is 26.6 Å². The van der Waals surface area contributed by atoms with Gasteiger partial charge >= 0.3 is 0 Å². The third-order valence-electron chi connectivity index (χ3n) is 4.33. The fraction of sp³-hybridized carbons (Fsp3) is 0.438. The zero-order valence-electron chi connectivity index (χ0n) is 12.9. The molecule has 23 heavy (non-hydrogen) atoms. The summed E-state index contributed by atoms with van der Waals surface area (Å²) in [6.45, 7) is 2.22. The molecule has 124 valence electrons. The lowest BCUT2D eigenvalue weighted by atomic mass is 10.1. The number of halogens is 1. The first-order valence-corrected chi connectivity index (χ1v) is 9.40. The van der Waals surface area contributed by atoms with Gasteiger partial charge in [0.25, 0.3) is 0 Å². The number of fused-ring (bicyclic) bond motifs is 1. The van der Waals surface area contributed by atoms with Crippen LogP contribution in [0.1, 0.15) is 17.7 Å². The Kier molecular flexibility index (Phi) is 4.14. The van der Waals surface area contributed by atoms with Crippen LogP contribution in [0, 0.1) is 18.7 Å². The molecule has 0 saturated carbocycles. The molecule has 2 aromatic rings. The van der Waals surface area contributed by atoms with Gasteiger partial charge in [-0.3, -0.25) is 4.79 Å². The Hall–Kier alpha value is -1.89. The van der Waals surface area contributed by atoms with Gasteiger partial charge in [0.15, 0.2) is 9.84 Å². The number of hydrogen-bond donors (Lipinski definition) is 2. The maximum Gasteiger partial charge on any atom is 0.224 e. The molecular weight excluding hydrogens is 319 g/mol. The van der Waals surface area contributed by atoms with Crippen LogP contribution in [0.2, 0.25) is 0 Å². The molecule has 1 aliphatic rings. The van der Waals surface area contributed by atoms with Crippen molar-refractivity contribution in [3.05, 3.63) is 35.3 Å². The predicted molar refractivity (Wildman–Crippen MR) is 86.5 cm³/mol. The Morgan fingerprint density at radius 3 is 2.91 bits per heavy atom. The lowest BCUT2D eigenvalue weighted by Gasteiger charge is -2.10. The molecule has 1 atom stereocenters. The van der Waals surface area contributed by atoms with E-state index in [0.29, 0.717) is 18.4 Å². The van der Waals surface area contributed by atoms with Crippen molar-refractivity contribution in [3.8, 4) is 0 Å². The standard InChI is InChI=1S/C16H19FN2O3S/c1-10-13(14-6-12(17)2-3-15(14)19-10)7-16(20)18-8-11-4-5-23(21,22)9-11/h2-3,6,11,19H,4-5,7-9H2,1H3,(H,18,20)/t11-/m1/s1. The van der Waals surface area contributed by atoms with Crippen LogP contribution in [0.5, 0.6) is 0 Å². The van der Waals surface area contributed by atoms with E-state index in [1.54, 1.807) is 6.07 Å². The quantitative estimate of drug-likeness (QED) is 0.891. The van der Waals surface area contributed by atoms with E-state index < -0.39 is 9.84 Å². The fourth-order valence-corrected chi connectivity index (χ4v) is 4.96. The van der Waals surface area contributed by atoms with Crippen molar-refractivity contribution < 1.29 is 17.6 Å². The Morgan fingerprint density at radius 2 is 2.22 bits per heavy atom. The van der Waals surface area contributed by atoms with E-state index in [0.717, 1.165) is 16.8 Å². The van der Waals surface area contributed by atoms with Crippen molar-refractivity contribution in [1.82, 2.24) is 10.3 Å². The van der Waals surface area contributed by atoms with Crippen LogP contribution >= 0.6 is 0 Å². The Balaban J connectivity index is 1.66. The maximum absolute atomic E-state index is 13.4. The molecule has 1 saturated heterocycles. The normalized spacial score (nSPS) is 20.0. The number of sulfone groups is 1. The molecule has 3 rings (SSSR count). The lowest BCUT2D eigenvalue weighted by molar-refractivity contribution is -0.120. The molecule has 1 amide bonds. The van der Waals surface area contributed by atoms with Gasteiger partial charge in [-0.25, -0.2) is 12.8 Å². The van der Waals surface area contributed by atoms with E-state index >= 15 is 0 Å². The van der Waals surface area contributed by atoms with Gasteiger partial charge in [-0.2, -0.15) is 0 Å². The fourth-order valence-electron chi connectivity index (χ4n) is 3.10. The number of aromatic nitrogens is 1. The van der Waals surface area contributed by atoms with E-state index in [1.165, 1.54) is 12.1 Å². The van der Waals surface area contributed by atoms with Crippen LogP contribution in [-0.4, -0.2) is 37.4 Å². The Labute approximate surface area is 134 Å². The van der Waals surface area contributed by atoms with Crippen LogP contribution in [0.25, 0.3) is 10.9 Å². The summed E-state index contributed by atoms with van der Waals surface area (Å²) in [6, 6.07) is 4.45. The number of benzene rings is 1. The minimum atomic E-state index is -2.93. The molecule has 1 aromatic heterocycles. The van der Waals surface area contributed by atoms with Gasteiger partial charge in [0, 0.05) is 23.1 Å². The second-order valence-corrected chi connectivity index (χ2v) is 8.40. The Bertz CT molecular complexity index is 858. The summed E-state index contributed by atoms with van der Waals surface area (Å²) in [5.41, 5.74) is 2.41. The highest BCUT2D eigenvalue weighted by Crippen LogP contribution is 2.23. The number of H-pyrrole nitrogens is 1. The average Bonchev–Trinajstić information content (AvgIpc) is 2.97. The molecule has 0 aliphatic carbocycles. The van der Waals surface area contributed by atoms with Gasteiger partial charge in [-0.05, 0) is 43.0 Å². The van der Waals surface area contributed by atoms with Crippen molar-refractivity contribution in [2.24, 2.45) is 5.92 Å². The highest BCUT2D eigenvalue weighted by atomic mass is 32.2. The number of carbonyl (C=O) groups excluding carboxylic acids is 1. The van der Waals surface area contributed by atoms with Gasteiger partial charge in [0.2, 0.25) is 5.91 Å². The predicted octanol–water partition coefficient (Wildman–Crippen LogP) is 1.71. The molecule has 1 aliphatic heterocycles. The van der Waals surface area contributed by atoms with Crippen molar-refractivity contribution in [2.45, 2.75) is 19.8 Å². The average molecular weight is 338 g/mol. The van der Waals surface area contributed by atoms with Gasteiger partial charge in [0.05, 0.1) is 17.9 Å². The van der Waals surface area contributed by atoms with Gasteiger partial charge in [-0.1, -0.05) is 0 Å². The summed E-state index contributed by atoms with van der Waals surface area (Å²) in [5, 5.41) is 3.51. The molecular formula is C16H19FN2O3S. The van der Waals surface area contributed by atoms with Crippen LogP contribution in [0.3, 0.4) is 0 Å². The van der Waals surface area contributed by atoms with E-state index in [2.05, 4.69) is 10.3 Å². The van der Waals surface area contributed by atoms with Crippen molar-refractivity contribution in [1.29, 1.82) is 0 Å².